The van der Waals surface area contributed by atoms with E-state index in [-0.39, 0.29) is 6.61 Å². The standard InChI is InChI=1S/C16H15N3O2/c1-11-5-6-12(8-14(11)17)16(20)21-10-13-9-19-7-3-2-4-15(19)18-13/h2-9H,10,17H2,1H3. The molecule has 0 fully saturated rings. The molecule has 106 valence electrons. The van der Waals surface area contributed by atoms with Gasteiger partial charge < -0.3 is 14.9 Å². The molecular weight excluding hydrogens is 266 g/mol. The number of aryl methyl sites for hydroxylation is 1. The van der Waals surface area contributed by atoms with Crippen LogP contribution in [0.15, 0.2) is 48.8 Å². The number of fused-ring (bicyclic) bond motifs is 1. The van der Waals surface area contributed by atoms with E-state index in [2.05, 4.69) is 4.98 Å². The Morgan fingerprint density at radius 2 is 2.19 bits per heavy atom. The summed E-state index contributed by atoms with van der Waals surface area (Å²) in [4.78, 5) is 16.4. The van der Waals surface area contributed by atoms with Crippen LogP contribution in [0.4, 0.5) is 5.69 Å². The molecule has 0 aliphatic heterocycles. The maximum Gasteiger partial charge on any atom is 0.338 e. The third-order valence-corrected chi connectivity index (χ3v) is 3.28. The van der Waals surface area contributed by atoms with Crippen LogP contribution in [-0.2, 0) is 11.3 Å². The number of imidazole rings is 1. The Labute approximate surface area is 122 Å². The third-order valence-electron chi connectivity index (χ3n) is 3.28. The first-order chi connectivity index (χ1) is 10.1. The van der Waals surface area contributed by atoms with E-state index >= 15 is 0 Å². The second kappa shape index (κ2) is 5.28. The fourth-order valence-corrected chi connectivity index (χ4v) is 2.05. The lowest BCUT2D eigenvalue weighted by Gasteiger charge is -2.05. The van der Waals surface area contributed by atoms with Gasteiger partial charge in [-0.2, -0.15) is 0 Å². The van der Waals surface area contributed by atoms with Crippen LogP contribution in [0.2, 0.25) is 0 Å². The molecule has 3 aromatic rings. The highest BCUT2D eigenvalue weighted by Gasteiger charge is 2.10. The second-order valence-corrected chi connectivity index (χ2v) is 4.85. The molecule has 0 atom stereocenters. The molecule has 0 aliphatic rings. The summed E-state index contributed by atoms with van der Waals surface area (Å²) in [6.07, 6.45) is 3.74. The summed E-state index contributed by atoms with van der Waals surface area (Å²) in [5.74, 6) is -0.404. The monoisotopic (exact) mass is 281 g/mol. The number of benzene rings is 1. The molecule has 5 nitrogen and oxygen atoms in total. The smallest absolute Gasteiger partial charge is 0.338 e. The van der Waals surface area contributed by atoms with Crippen molar-refractivity contribution in [3.63, 3.8) is 0 Å². The highest BCUT2D eigenvalue weighted by atomic mass is 16.5. The van der Waals surface area contributed by atoms with Gasteiger partial charge in [-0.25, -0.2) is 9.78 Å². The molecule has 2 N–H and O–H groups in total. The van der Waals surface area contributed by atoms with E-state index in [1.807, 2.05) is 41.9 Å². The van der Waals surface area contributed by atoms with E-state index in [4.69, 9.17) is 10.5 Å². The minimum absolute atomic E-state index is 0.133. The third kappa shape index (κ3) is 2.72. The molecule has 2 aromatic heterocycles. The average molecular weight is 281 g/mol. The van der Waals surface area contributed by atoms with Gasteiger partial charge in [-0.15, -0.1) is 0 Å². The molecule has 0 radical (unpaired) electrons. The van der Waals surface area contributed by atoms with Crippen molar-refractivity contribution >= 4 is 17.3 Å². The van der Waals surface area contributed by atoms with Crippen LogP contribution in [0.25, 0.3) is 5.65 Å². The fraction of sp³-hybridized carbons (Fsp3) is 0.125. The van der Waals surface area contributed by atoms with Crippen molar-refractivity contribution in [2.75, 3.05) is 5.73 Å². The average Bonchev–Trinajstić information content (AvgIpc) is 2.90. The zero-order valence-electron chi connectivity index (χ0n) is 11.6. The van der Waals surface area contributed by atoms with Gasteiger partial charge >= 0.3 is 5.97 Å². The van der Waals surface area contributed by atoms with Crippen molar-refractivity contribution in [3.05, 3.63) is 65.6 Å². The van der Waals surface area contributed by atoms with Gasteiger partial charge in [-0.05, 0) is 36.8 Å². The van der Waals surface area contributed by atoms with Crippen LogP contribution in [0.1, 0.15) is 21.6 Å². The molecule has 0 aliphatic carbocycles. The van der Waals surface area contributed by atoms with E-state index in [0.29, 0.717) is 16.9 Å². The number of rotatable bonds is 3. The van der Waals surface area contributed by atoms with Crippen LogP contribution in [0.3, 0.4) is 0 Å². The number of hydrogen-bond donors (Lipinski definition) is 1. The zero-order valence-corrected chi connectivity index (χ0v) is 11.6. The summed E-state index contributed by atoms with van der Waals surface area (Å²) >= 11 is 0. The Morgan fingerprint density at radius 3 is 2.95 bits per heavy atom. The quantitative estimate of drug-likeness (QED) is 0.591. The molecule has 21 heavy (non-hydrogen) atoms. The van der Waals surface area contributed by atoms with Gasteiger partial charge in [0.05, 0.1) is 11.3 Å². The van der Waals surface area contributed by atoms with Crippen molar-refractivity contribution < 1.29 is 9.53 Å². The van der Waals surface area contributed by atoms with Gasteiger partial charge in [-0.3, -0.25) is 0 Å². The number of aromatic nitrogens is 2. The largest absolute Gasteiger partial charge is 0.456 e. The van der Waals surface area contributed by atoms with E-state index < -0.39 is 5.97 Å². The summed E-state index contributed by atoms with van der Waals surface area (Å²) in [5, 5.41) is 0. The molecule has 1 aromatic carbocycles. The van der Waals surface area contributed by atoms with E-state index in [1.165, 1.54) is 0 Å². The summed E-state index contributed by atoms with van der Waals surface area (Å²) in [5.41, 5.74) is 9.28. The Hall–Kier alpha value is -2.82. The minimum atomic E-state index is -0.404. The lowest BCUT2D eigenvalue weighted by Crippen LogP contribution is -2.06. The lowest BCUT2D eigenvalue weighted by atomic mass is 10.1. The van der Waals surface area contributed by atoms with Gasteiger partial charge in [0.15, 0.2) is 0 Å². The predicted octanol–water partition coefficient (Wildman–Crippen LogP) is 2.58. The van der Waals surface area contributed by atoms with Crippen molar-refractivity contribution in [3.8, 4) is 0 Å². The molecule has 0 bridgehead atoms. The molecule has 0 saturated heterocycles. The lowest BCUT2D eigenvalue weighted by molar-refractivity contribution is 0.0468. The molecule has 2 heterocycles. The Balaban J connectivity index is 1.71. The first kappa shape index (κ1) is 13.2. The number of hydrogen-bond acceptors (Lipinski definition) is 4. The van der Waals surface area contributed by atoms with Gasteiger partial charge in [0.2, 0.25) is 0 Å². The van der Waals surface area contributed by atoms with E-state index in [0.717, 1.165) is 11.2 Å². The maximum absolute atomic E-state index is 12.0. The van der Waals surface area contributed by atoms with Crippen molar-refractivity contribution in [2.45, 2.75) is 13.5 Å². The summed E-state index contributed by atoms with van der Waals surface area (Å²) in [7, 11) is 0. The normalized spacial score (nSPS) is 10.7. The number of nitrogens with two attached hydrogens (primary N) is 1. The first-order valence-electron chi connectivity index (χ1n) is 6.59. The SMILES string of the molecule is Cc1ccc(C(=O)OCc2cn3ccccc3n2)cc1N. The van der Waals surface area contributed by atoms with Crippen LogP contribution in [0, 0.1) is 6.92 Å². The molecule has 0 unspecified atom stereocenters. The molecular formula is C16H15N3O2. The number of ether oxygens (including phenoxy) is 1. The van der Waals surface area contributed by atoms with Crippen LogP contribution in [-0.4, -0.2) is 15.4 Å². The van der Waals surface area contributed by atoms with Gasteiger partial charge in [0.1, 0.15) is 12.3 Å². The number of nitrogens with zero attached hydrogens (tertiary/aromatic N) is 2. The number of carbonyl (C=O) groups is 1. The van der Waals surface area contributed by atoms with Gasteiger partial charge in [0, 0.05) is 18.1 Å². The molecule has 0 saturated carbocycles. The summed E-state index contributed by atoms with van der Waals surface area (Å²) in [6.45, 7) is 2.02. The van der Waals surface area contributed by atoms with Crippen molar-refractivity contribution in [1.82, 2.24) is 9.38 Å². The van der Waals surface area contributed by atoms with Crippen molar-refractivity contribution in [2.24, 2.45) is 0 Å². The fourth-order valence-electron chi connectivity index (χ4n) is 2.05. The van der Waals surface area contributed by atoms with E-state index in [9.17, 15) is 4.79 Å². The van der Waals surface area contributed by atoms with E-state index in [1.54, 1.807) is 18.2 Å². The summed E-state index contributed by atoms with van der Waals surface area (Å²) in [6, 6.07) is 10.9. The zero-order chi connectivity index (χ0) is 14.8. The number of esters is 1. The highest BCUT2D eigenvalue weighted by Crippen LogP contribution is 2.14. The van der Waals surface area contributed by atoms with Gasteiger partial charge in [-0.1, -0.05) is 12.1 Å². The Kier molecular flexibility index (Phi) is 3.31. The molecule has 5 heteroatoms. The number of carbonyl (C=O) groups excluding carboxylic acids is 1. The minimum Gasteiger partial charge on any atom is -0.456 e. The predicted molar refractivity (Wildman–Crippen MR) is 79.9 cm³/mol. The molecule has 3 rings (SSSR count). The Bertz CT molecular complexity index is 775. The first-order valence-corrected chi connectivity index (χ1v) is 6.59. The van der Waals surface area contributed by atoms with Crippen LogP contribution < -0.4 is 5.73 Å². The number of nitrogen functional groups attached to an aromatic ring is 1. The molecule has 0 spiro atoms. The Morgan fingerprint density at radius 1 is 1.33 bits per heavy atom. The van der Waals surface area contributed by atoms with Crippen LogP contribution >= 0.6 is 0 Å². The van der Waals surface area contributed by atoms with Gasteiger partial charge in [0.25, 0.3) is 0 Å². The number of anilines is 1. The van der Waals surface area contributed by atoms with Crippen LogP contribution in [0.5, 0.6) is 0 Å². The topological polar surface area (TPSA) is 69.6 Å². The maximum atomic E-state index is 12.0. The second-order valence-electron chi connectivity index (χ2n) is 4.85. The summed E-state index contributed by atoms with van der Waals surface area (Å²) < 4.78 is 7.15. The molecule has 0 amide bonds. The van der Waals surface area contributed by atoms with Crippen molar-refractivity contribution in [1.29, 1.82) is 0 Å². The number of pyridine rings is 1. The highest BCUT2D eigenvalue weighted by molar-refractivity contribution is 5.90.